The van der Waals surface area contributed by atoms with Gasteiger partial charge in [0.25, 0.3) is 0 Å². The van der Waals surface area contributed by atoms with Crippen LogP contribution in [0.1, 0.15) is 47.8 Å². The molecule has 3 unspecified atom stereocenters. The number of furan rings is 1. The van der Waals surface area contributed by atoms with Crippen LogP contribution in [0.3, 0.4) is 0 Å². The standard InChI is InChI=1S/C34H26N2O/c1-2-10-21(11-3-1)36-26-17-18-34(28-16-8-9-19-35-28)20-25(34)31(26)30-23-13-5-4-12-22(23)29-24-14-6-7-15-27(24)37-33(29)32(30)36/h1-6,8-14,17-19,25,28H,7,15-16,20H2. The molecule has 0 spiro atoms. The topological polar surface area (TPSA) is 30.4 Å². The Kier molecular flexibility index (Phi) is 3.79. The molecule has 3 aliphatic carbocycles. The number of allylic oxidation sites excluding steroid dienone is 2. The number of hydrogen-bond donors (Lipinski definition) is 0. The quantitative estimate of drug-likeness (QED) is 0.251. The molecule has 3 nitrogen and oxygen atoms in total. The third kappa shape index (κ3) is 2.49. The fourth-order valence-corrected chi connectivity index (χ4v) is 7.48. The van der Waals surface area contributed by atoms with Crippen molar-refractivity contribution in [3.8, 4) is 5.69 Å². The van der Waals surface area contributed by atoms with Crippen LogP contribution in [-0.4, -0.2) is 16.8 Å². The molecule has 9 rings (SSSR count). The number of para-hydroxylation sites is 1. The Morgan fingerprint density at radius 3 is 2.59 bits per heavy atom. The molecule has 0 saturated heterocycles. The van der Waals surface area contributed by atoms with Crippen LogP contribution in [0.15, 0.2) is 88.3 Å². The molecule has 2 aromatic heterocycles. The van der Waals surface area contributed by atoms with Crippen molar-refractivity contribution < 1.29 is 4.42 Å². The second-order valence-electron chi connectivity index (χ2n) is 11.0. The summed E-state index contributed by atoms with van der Waals surface area (Å²) < 4.78 is 9.29. The normalized spacial score (nSPS) is 25.1. The Hall–Kier alpha value is -4.11. The lowest BCUT2D eigenvalue weighted by Gasteiger charge is -2.25. The zero-order valence-corrected chi connectivity index (χ0v) is 20.5. The minimum Gasteiger partial charge on any atom is -0.458 e. The van der Waals surface area contributed by atoms with E-state index in [9.17, 15) is 0 Å². The Bertz CT molecular complexity index is 1890. The maximum absolute atomic E-state index is 6.81. The summed E-state index contributed by atoms with van der Waals surface area (Å²) in [5.41, 5.74) is 7.59. The second kappa shape index (κ2) is 7.01. The van der Waals surface area contributed by atoms with E-state index in [-0.39, 0.29) is 5.41 Å². The van der Waals surface area contributed by atoms with Gasteiger partial charge in [-0.2, -0.15) is 0 Å². The average Bonchev–Trinajstić information content (AvgIpc) is 3.44. The summed E-state index contributed by atoms with van der Waals surface area (Å²) in [7, 11) is 0. The lowest BCUT2D eigenvalue weighted by molar-refractivity contribution is 0.475. The molecule has 0 N–H and O–H groups in total. The first-order valence-electron chi connectivity index (χ1n) is 13.5. The Labute approximate surface area is 215 Å². The predicted octanol–water partition coefficient (Wildman–Crippen LogP) is 8.39. The summed E-state index contributed by atoms with van der Waals surface area (Å²) in [5.74, 6) is 1.59. The average molecular weight is 479 g/mol. The fraction of sp³-hybridized carbons (Fsp3) is 0.206. The highest BCUT2D eigenvalue weighted by Gasteiger charge is 2.60. The van der Waals surface area contributed by atoms with E-state index < -0.39 is 0 Å². The highest BCUT2D eigenvalue weighted by molar-refractivity contribution is 6.27. The first-order chi connectivity index (χ1) is 18.4. The van der Waals surface area contributed by atoms with Gasteiger partial charge in [-0.1, -0.05) is 66.8 Å². The van der Waals surface area contributed by atoms with Gasteiger partial charge in [0.15, 0.2) is 5.58 Å². The molecular formula is C34H26N2O. The number of aryl methyl sites for hydroxylation is 1. The van der Waals surface area contributed by atoms with E-state index in [1.807, 2.05) is 6.21 Å². The highest BCUT2D eigenvalue weighted by atomic mass is 16.3. The third-order valence-electron chi connectivity index (χ3n) is 9.20. The molecule has 1 saturated carbocycles. The molecule has 3 heterocycles. The summed E-state index contributed by atoms with van der Waals surface area (Å²) in [6.07, 6.45) is 20.0. The van der Waals surface area contributed by atoms with Crippen LogP contribution in [-0.2, 0) is 6.42 Å². The number of aromatic nitrogens is 1. The summed E-state index contributed by atoms with van der Waals surface area (Å²) in [5, 5.41) is 5.26. The van der Waals surface area contributed by atoms with Crippen LogP contribution in [0.25, 0.3) is 50.5 Å². The monoisotopic (exact) mass is 478 g/mol. The number of nitrogens with zero attached hydrogens (tertiary/aromatic N) is 2. The summed E-state index contributed by atoms with van der Waals surface area (Å²) in [6, 6.07) is 20.1. The number of rotatable bonds is 2. The van der Waals surface area contributed by atoms with Crippen molar-refractivity contribution in [1.82, 2.24) is 4.57 Å². The van der Waals surface area contributed by atoms with Gasteiger partial charge in [-0.15, -0.1) is 0 Å². The van der Waals surface area contributed by atoms with Crippen molar-refractivity contribution in [2.75, 3.05) is 0 Å². The van der Waals surface area contributed by atoms with Gasteiger partial charge < -0.3 is 8.98 Å². The lowest BCUT2D eigenvalue weighted by atomic mass is 9.83. The molecular weight excluding hydrogens is 452 g/mol. The molecule has 0 bridgehead atoms. The largest absolute Gasteiger partial charge is 0.458 e. The molecule has 1 aliphatic heterocycles. The van der Waals surface area contributed by atoms with Crippen LogP contribution in [0.5, 0.6) is 0 Å². The fourth-order valence-electron chi connectivity index (χ4n) is 7.48. The number of benzene rings is 3. The van der Waals surface area contributed by atoms with Crippen molar-refractivity contribution in [2.45, 2.75) is 37.6 Å². The van der Waals surface area contributed by atoms with Crippen LogP contribution in [0.4, 0.5) is 0 Å². The Morgan fingerprint density at radius 2 is 1.76 bits per heavy atom. The van der Waals surface area contributed by atoms with Gasteiger partial charge in [-0.05, 0) is 65.8 Å². The smallest absolute Gasteiger partial charge is 0.160 e. The Morgan fingerprint density at radius 1 is 0.919 bits per heavy atom. The van der Waals surface area contributed by atoms with Gasteiger partial charge in [0.1, 0.15) is 5.76 Å². The van der Waals surface area contributed by atoms with Gasteiger partial charge in [0, 0.05) is 40.1 Å². The molecule has 3 heteroatoms. The van der Waals surface area contributed by atoms with E-state index in [1.54, 1.807) is 0 Å². The minimum atomic E-state index is 0.116. The number of dihydropyridines is 1. The van der Waals surface area contributed by atoms with Crippen molar-refractivity contribution >= 4 is 51.0 Å². The van der Waals surface area contributed by atoms with Crippen LogP contribution >= 0.6 is 0 Å². The zero-order chi connectivity index (χ0) is 24.1. The molecule has 4 aliphatic rings. The van der Waals surface area contributed by atoms with Gasteiger partial charge in [-0.3, -0.25) is 4.99 Å². The van der Waals surface area contributed by atoms with E-state index >= 15 is 0 Å². The van der Waals surface area contributed by atoms with E-state index in [2.05, 4.69) is 95.6 Å². The second-order valence-corrected chi connectivity index (χ2v) is 11.0. The molecule has 3 atom stereocenters. The zero-order valence-electron chi connectivity index (χ0n) is 20.5. The lowest BCUT2D eigenvalue weighted by Crippen LogP contribution is -2.22. The van der Waals surface area contributed by atoms with E-state index in [1.165, 1.54) is 49.6 Å². The predicted molar refractivity (Wildman–Crippen MR) is 153 cm³/mol. The molecule has 0 amide bonds. The van der Waals surface area contributed by atoms with Gasteiger partial charge in [0.05, 0.1) is 17.3 Å². The molecule has 5 aromatic rings. The molecule has 37 heavy (non-hydrogen) atoms. The maximum atomic E-state index is 6.81. The first-order valence-corrected chi connectivity index (χ1v) is 13.5. The van der Waals surface area contributed by atoms with Gasteiger partial charge >= 0.3 is 0 Å². The van der Waals surface area contributed by atoms with Gasteiger partial charge in [-0.25, -0.2) is 0 Å². The summed E-state index contributed by atoms with van der Waals surface area (Å²) in [6.45, 7) is 0. The number of fused-ring (bicyclic) bond motifs is 12. The molecule has 178 valence electrons. The van der Waals surface area contributed by atoms with Crippen LogP contribution in [0.2, 0.25) is 0 Å². The molecule has 0 radical (unpaired) electrons. The molecule has 3 aromatic carbocycles. The van der Waals surface area contributed by atoms with Crippen molar-refractivity contribution in [3.63, 3.8) is 0 Å². The maximum Gasteiger partial charge on any atom is 0.160 e. The SMILES string of the molecule is C1=CCC(C23C=Cc4c(c5c6ccccc6c6c7c(oc6c5n4-c4ccccc4)CCC=C7)C2C3)N=C1. The van der Waals surface area contributed by atoms with Crippen molar-refractivity contribution in [2.24, 2.45) is 10.4 Å². The van der Waals surface area contributed by atoms with Crippen LogP contribution < -0.4 is 0 Å². The third-order valence-corrected chi connectivity index (χ3v) is 9.20. The Balaban J connectivity index is 1.45. The van der Waals surface area contributed by atoms with E-state index in [0.29, 0.717) is 12.0 Å². The molecule has 1 fully saturated rings. The van der Waals surface area contributed by atoms with Gasteiger partial charge in [0.2, 0.25) is 0 Å². The minimum absolute atomic E-state index is 0.116. The van der Waals surface area contributed by atoms with Crippen molar-refractivity contribution in [1.29, 1.82) is 0 Å². The number of hydrogen-bond acceptors (Lipinski definition) is 2. The summed E-state index contributed by atoms with van der Waals surface area (Å²) in [4.78, 5) is 4.94. The first kappa shape index (κ1) is 20.0. The van der Waals surface area contributed by atoms with Crippen molar-refractivity contribution in [3.05, 3.63) is 101 Å². The highest BCUT2D eigenvalue weighted by Crippen LogP contribution is 2.69. The van der Waals surface area contributed by atoms with E-state index in [0.717, 1.165) is 37.0 Å². The van der Waals surface area contributed by atoms with Crippen LogP contribution in [0, 0.1) is 5.41 Å². The number of aliphatic imine (C=N–C) groups is 1. The van der Waals surface area contributed by atoms with E-state index in [4.69, 9.17) is 9.41 Å². The summed E-state index contributed by atoms with van der Waals surface area (Å²) >= 11 is 0.